The number of piperazine rings is 1. The van der Waals surface area contributed by atoms with Gasteiger partial charge in [0, 0.05) is 63.9 Å². The molecule has 1 amide bonds. The van der Waals surface area contributed by atoms with Crippen molar-refractivity contribution in [2.75, 3.05) is 53.0 Å². The minimum Gasteiger partial charge on any atom is -0.385 e. The third-order valence-corrected chi connectivity index (χ3v) is 5.58. The highest BCUT2D eigenvalue weighted by Crippen LogP contribution is 2.24. The van der Waals surface area contributed by atoms with Crippen molar-refractivity contribution in [2.45, 2.75) is 13.0 Å². The largest absolute Gasteiger partial charge is 0.385 e. The molecule has 0 atom stereocenters. The number of nitrogens with zero attached hydrogens (tertiary/aromatic N) is 3. The number of thiazole rings is 1. The highest BCUT2D eigenvalue weighted by Gasteiger charge is 2.19. The number of nitrogens with one attached hydrogen (secondary N) is 1. The van der Waals surface area contributed by atoms with E-state index in [1.807, 2.05) is 18.2 Å². The lowest BCUT2D eigenvalue weighted by atomic mass is 10.2. The summed E-state index contributed by atoms with van der Waals surface area (Å²) >= 11 is 1.70. The van der Waals surface area contributed by atoms with E-state index in [0.717, 1.165) is 49.8 Å². The van der Waals surface area contributed by atoms with Gasteiger partial charge in [-0.15, -0.1) is 11.3 Å². The Labute approximate surface area is 165 Å². The van der Waals surface area contributed by atoms with Gasteiger partial charge in [0.05, 0.1) is 12.2 Å². The molecule has 1 aliphatic heterocycles. The maximum atomic E-state index is 12.0. The van der Waals surface area contributed by atoms with Crippen LogP contribution < -0.4 is 5.32 Å². The molecule has 2 heterocycles. The number of carbonyl (C=O) groups excluding carboxylic acids is 1. The fourth-order valence-corrected chi connectivity index (χ4v) is 3.95. The molecule has 6 nitrogen and oxygen atoms in total. The molecule has 1 aromatic heterocycles. The van der Waals surface area contributed by atoms with Gasteiger partial charge in [-0.3, -0.25) is 14.6 Å². The molecule has 1 aromatic carbocycles. The van der Waals surface area contributed by atoms with Crippen LogP contribution in [0, 0.1) is 0 Å². The van der Waals surface area contributed by atoms with E-state index < -0.39 is 0 Å². The molecular formula is C20H28N4O2S. The van der Waals surface area contributed by atoms with Crippen LogP contribution >= 0.6 is 11.3 Å². The zero-order chi connectivity index (χ0) is 18.9. The summed E-state index contributed by atoms with van der Waals surface area (Å²) in [6, 6.07) is 10.3. The SMILES string of the molecule is COCCCNC(=O)CN1CCN(Cc2csc(-c3ccccc3)n2)CC1. The van der Waals surface area contributed by atoms with Crippen LogP contribution in [0.2, 0.25) is 0 Å². The van der Waals surface area contributed by atoms with E-state index >= 15 is 0 Å². The fourth-order valence-electron chi connectivity index (χ4n) is 3.13. The summed E-state index contributed by atoms with van der Waals surface area (Å²) in [7, 11) is 1.68. The van der Waals surface area contributed by atoms with Crippen molar-refractivity contribution >= 4 is 17.2 Å². The van der Waals surface area contributed by atoms with E-state index in [0.29, 0.717) is 19.7 Å². The molecule has 1 aliphatic rings. The van der Waals surface area contributed by atoms with E-state index in [4.69, 9.17) is 9.72 Å². The molecule has 0 unspecified atom stereocenters. The Kier molecular flexibility index (Phi) is 7.77. The Morgan fingerprint density at radius 1 is 1.19 bits per heavy atom. The van der Waals surface area contributed by atoms with E-state index in [1.54, 1.807) is 18.4 Å². The van der Waals surface area contributed by atoms with Crippen LogP contribution in [0.4, 0.5) is 0 Å². The molecule has 0 bridgehead atoms. The number of carbonyl (C=O) groups is 1. The number of hydrogen-bond acceptors (Lipinski definition) is 6. The van der Waals surface area contributed by atoms with Gasteiger partial charge in [-0.05, 0) is 6.42 Å². The maximum Gasteiger partial charge on any atom is 0.234 e. The number of amides is 1. The predicted molar refractivity (Wildman–Crippen MR) is 109 cm³/mol. The van der Waals surface area contributed by atoms with Crippen molar-refractivity contribution in [2.24, 2.45) is 0 Å². The Hall–Kier alpha value is -1.80. The molecule has 2 aromatic rings. The van der Waals surface area contributed by atoms with Crippen molar-refractivity contribution in [3.8, 4) is 10.6 Å². The summed E-state index contributed by atoms with van der Waals surface area (Å²) in [5.74, 6) is 0.103. The number of hydrogen-bond donors (Lipinski definition) is 1. The summed E-state index contributed by atoms with van der Waals surface area (Å²) < 4.78 is 4.99. The molecule has 0 spiro atoms. The topological polar surface area (TPSA) is 57.7 Å². The van der Waals surface area contributed by atoms with Crippen LogP contribution in [0.15, 0.2) is 35.7 Å². The molecule has 3 rings (SSSR count). The lowest BCUT2D eigenvalue weighted by Crippen LogP contribution is -2.49. The van der Waals surface area contributed by atoms with Gasteiger partial charge < -0.3 is 10.1 Å². The van der Waals surface area contributed by atoms with Crippen molar-refractivity contribution < 1.29 is 9.53 Å². The standard InChI is InChI=1S/C20H28N4O2S/c1-26-13-5-8-21-19(25)15-24-11-9-23(10-12-24)14-18-16-27-20(22-18)17-6-3-2-4-7-17/h2-4,6-7,16H,5,8-15H2,1H3,(H,21,25). The first kappa shape index (κ1) is 19.9. The Balaban J connectivity index is 1.38. The van der Waals surface area contributed by atoms with Crippen molar-refractivity contribution in [1.82, 2.24) is 20.1 Å². The Morgan fingerprint density at radius 3 is 2.67 bits per heavy atom. The highest BCUT2D eigenvalue weighted by molar-refractivity contribution is 7.13. The number of benzene rings is 1. The predicted octanol–water partition coefficient (Wildman–Crippen LogP) is 2.08. The molecule has 1 saturated heterocycles. The molecule has 1 N–H and O–H groups in total. The third-order valence-electron chi connectivity index (χ3n) is 4.64. The maximum absolute atomic E-state index is 12.0. The van der Waals surface area contributed by atoms with E-state index in [-0.39, 0.29) is 5.91 Å². The van der Waals surface area contributed by atoms with Gasteiger partial charge in [-0.25, -0.2) is 4.98 Å². The lowest BCUT2D eigenvalue weighted by Gasteiger charge is -2.33. The quantitative estimate of drug-likeness (QED) is 0.667. The monoisotopic (exact) mass is 388 g/mol. The van der Waals surface area contributed by atoms with Crippen molar-refractivity contribution in [3.05, 3.63) is 41.4 Å². The molecule has 0 radical (unpaired) electrons. The second-order valence-electron chi connectivity index (χ2n) is 6.76. The first-order chi connectivity index (χ1) is 13.2. The van der Waals surface area contributed by atoms with Gasteiger partial charge >= 0.3 is 0 Å². The van der Waals surface area contributed by atoms with Crippen LogP contribution in [0.5, 0.6) is 0 Å². The van der Waals surface area contributed by atoms with E-state index in [2.05, 4.69) is 32.6 Å². The first-order valence-electron chi connectivity index (χ1n) is 9.45. The Bertz CT molecular complexity index is 699. The van der Waals surface area contributed by atoms with Crippen LogP contribution in [0.3, 0.4) is 0 Å². The molecule has 0 aliphatic carbocycles. The van der Waals surface area contributed by atoms with Gasteiger partial charge in [-0.2, -0.15) is 0 Å². The number of aromatic nitrogens is 1. The van der Waals surface area contributed by atoms with Crippen molar-refractivity contribution in [3.63, 3.8) is 0 Å². The molecule has 146 valence electrons. The summed E-state index contributed by atoms with van der Waals surface area (Å²) in [4.78, 5) is 21.4. The molecule has 1 fully saturated rings. The second kappa shape index (κ2) is 10.5. The summed E-state index contributed by atoms with van der Waals surface area (Å²) in [5.41, 5.74) is 2.30. The van der Waals surface area contributed by atoms with Gasteiger partial charge in [0.2, 0.25) is 5.91 Å². The minimum absolute atomic E-state index is 0.103. The average Bonchev–Trinajstić information content (AvgIpc) is 3.16. The zero-order valence-electron chi connectivity index (χ0n) is 15.9. The van der Waals surface area contributed by atoms with Gasteiger partial charge in [-0.1, -0.05) is 30.3 Å². The number of ether oxygens (including phenoxy) is 1. The van der Waals surface area contributed by atoms with Crippen LogP contribution in [-0.2, 0) is 16.1 Å². The van der Waals surface area contributed by atoms with Crippen LogP contribution in [-0.4, -0.2) is 73.7 Å². The molecule has 7 heteroatoms. The number of methoxy groups -OCH3 is 1. The highest BCUT2D eigenvalue weighted by atomic mass is 32.1. The average molecular weight is 389 g/mol. The summed E-state index contributed by atoms with van der Waals surface area (Å²) in [5, 5.41) is 6.18. The molecule has 0 saturated carbocycles. The van der Waals surface area contributed by atoms with Crippen LogP contribution in [0.1, 0.15) is 12.1 Å². The van der Waals surface area contributed by atoms with Gasteiger partial charge in [0.25, 0.3) is 0 Å². The normalized spacial score (nSPS) is 15.7. The zero-order valence-corrected chi connectivity index (χ0v) is 16.7. The first-order valence-corrected chi connectivity index (χ1v) is 10.3. The summed E-state index contributed by atoms with van der Waals surface area (Å²) in [6.07, 6.45) is 0.856. The smallest absolute Gasteiger partial charge is 0.234 e. The fraction of sp³-hybridized carbons (Fsp3) is 0.500. The number of rotatable bonds is 9. The van der Waals surface area contributed by atoms with Crippen LogP contribution in [0.25, 0.3) is 10.6 Å². The van der Waals surface area contributed by atoms with E-state index in [1.165, 1.54) is 5.56 Å². The van der Waals surface area contributed by atoms with Gasteiger partial charge in [0.15, 0.2) is 0 Å². The third kappa shape index (κ3) is 6.39. The lowest BCUT2D eigenvalue weighted by molar-refractivity contribution is -0.122. The second-order valence-corrected chi connectivity index (χ2v) is 7.62. The molecular weight excluding hydrogens is 360 g/mol. The Morgan fingerprint density at radius 2 is 1.93 bits per heavy atom. The summed E-state index contributed by atoms with van der Waals surface area (Å²) in [6.45, 7) is 6.49. The van der Waals surface area contributed by atoms with Crippen molar-refractivity contribution in [1.29, 1.82) is 0 Å². The molecule has 27 heavy (non-hydrogen) atoms. The van der Waals surface area contributed by atoms with E-state index in [9.17, 15) is 4.79 Å². The van der Waals surface area contributed by atoms with Gasteiger partial charge in [0.1, 0.15) is 5.01 Å². The minimum atomic E-state index is 0.103.